The third-order valence-electron chi connectivity index (χ3n) is 11.4. The molecule has 0 fully saturated rings. The topological polar surface area (TPSA) is 26.6 Å². The van der Waals surface area contributed by atoms with Crippen molar-refractivity contribution in [2.45, 2.75) is 52.4 Å². The maximum atomic E-state index is 6.92. The van der Waals surface area contributed by atoms with Crippen molar-refractivity contribution in [3.05, 3.63) is 163 Å². The Kier molecular flexibility index (Phi) is 7.38. The van der Waals surface area contributed by atoms with E-state index in [1.165, 1.54) is 32.8 Å². The summed E-state index contributed by atoms with van der Waals surface area (Å²) in [4.78, 5) is 2.32. The molecule has 0 unspecified atom stereocenters. The zero-order valence-electron chi connectivity index (χ0n) is 32.2. The molecule has 0 atom stereocenters. The van der Waals surface area contributed by atoms with Crippen LogP contribution in [0.25, 0.3) is 27.5 Å². The van der Waals surface area contributed by atoms with Crippen molar-refractivity contribution in [1.29, 1.82) is 0 Å². The van der Waals surface area contributed by atoms with Crippen LogP contribution in [0.15, 0.2) is 152 Å². The summed E-state index contributed by atoms with van der Waals surface area (Å²) >= 11 is 0. The van der Waals surface area contributed by atoms with Crippen LogP contribution >= 0.6 is 0 Å². The average Bonchev–Trinajstić information content (AvgIpc) is 3.51. The Morgan fingerprint density at radius 2 is 0.964 bits per heavy atom. The van der Waals surface area contributed by atoms with Crippen LogP contribution in [-0.2, 0) is 10.8 Å². The molecule has 0 bridgehead atoms. The highest BCUT2D eigenvalue weighted by Crippen LogP contribution is 2.43. The van der Waals surface area contributed by atoms with Gasteiger partial charge >= 0.3 is 0 Å². The molecule has 0 aliphatic carbocycles. The van der Waals surface area contributed by atoms with Gasteiger partial charge in [0, 0.05) is 45.4 Å². The summed E-state index contributed by atoms with van der Waals surface area (Å²) < 4.78 is 16.2. The van der Waals surface area contributed by atoms with E-state index in [4.69, 9.17) is 9.47 Å². The Morgan fingerprint density at radius 3 is 1.51 bits per heavy atom. The summed E-state index contributed by atoms with van der Waals surface area (Å²) in [5.74, 6) is 3.47. The van der Waals surface area contributed by atoms with E-state index in [0.717, 1.165) is 62.2 Å². The van der Waals surface area contributed by atoms with E-state index >= 15 is 0 Å². The third-order valence-corrected chi connectivity index (χ3v) is 11.4. The molecule has 1 aromatic heterocycles. The smallest absolute Gasteiger partial charge is 0.260 e. The number of aromatic nitrogens is 1. The number of para-hydroxylation sites is 3. The molecule has 2 aliphatic heterocycles. The van der Waals surface area contributed by atoms with Crippen LogP contribution in [0.3, 0.4) is 0 Å². The fourth-order valence-electron chi connectivity index (χ4n) is 8.53. The van der Waals surface area contributed by atoms with Crippen LogP contribution in [0.5, 0.6) is 23.0 Å². The molecule has 3 heterocycles. The molecule has 4 nitrogen and oxygen atoms in total. The van der Waals surface area contributed by atoms with E-state index < -0.39 is 0 Å². The molecule has 10 rings (SSSR count). The fraction of sp³-hybridized carbons (Fsp3) is 0.160. The van der Waals surface area contributed by atoms with Crippen molar-refractivity contribution in [3.63, 3.8) is 0 Å². The second-order valence-electron chi connectivity index (χ2n) is 17.1. The van der Waals surface area contributed by atoms with Crippen molar-refractivity contribution in [2.75, 3.05) is 4.90 Å². The molecule has 55 heavy (non-hydrogen) atoms. The van der Waals surface area contributed by atoms with Gasteiger partial charge in [0.15, 0.2) is 0 Å². The van der Waals surface area contributed by atoms with Crippen molar-refractivity contribution < 1.29 is 9.47 Å². The molecule has 5 heteroatoms. The lowest BCUT2D eigenvalue weighted by atomic mass is 9.34. The van der Waals surface area contributed by atoms with E-state index in [1.54, 1.807) is 0 Å². The number of benzene rings is 7. The lowest BCUT2D eigenvalue weighted by molar-refractivity contribution is 0.463. The number of hydrogen-bond acceptors (Lipinski definition) is 3. The molecule has 0 spiro atoms. The average molecular weight is 715 g/mol. The predicted molar refractivity (Wildman–Crippen MR) is 231 cm³/mol. The molecule has 268 valence electrons. The third kappa shape index (κ3) is 5.44. The number of ether oxygens (including phenoxy) is 2. The Hall–Kier alpha value is -6.20. The van der Waals surface area contributed by atoms with Crippen LogP contribution in [0.1, 0.15) is 52.7 Å². The molecule has 0 saturated carbocycles. The summed E-state index contributed by atoms with van der Waals surface area (Å²) in [6, 6.07) is 54.6. The second-order valence-corrected chi connectivity index (χ2v) is 17.1. The normalized spacial score (nSPS) is 13.2. The van der Waals surface area contributed by atoms with E-state index in [1.807, 2.05) is 0 Å². The molecular weight excluding hydrogens is 671 g/mol. The summed E-state index contributed by atoms with van der Waals surface area (Å²) in [6.45, 7) is 13.6. The maximum absolute atomic E-state index is 6.92. The minimum absolute atomic E-state index is 0.00112. The van der Waals surface area contributed by atoms with Gasteiger partial charge in [-0.1, -0.05) is 120 Å². The largest absolute Gasteiger partial charge is 0.458 e. The van der Waals surface area contributed by atoms with Crippen LogP contribution in [-0.4, -0.2) is 11.3 Å². The molecule has 0 amide bonds. The van der Waals surface area contributed by atoms with Crippen molar-refractivity contribution in [2.24, 2.45) is 0 Å². The molecule has 8 aromatic rings. The van der Waals surface area contributed by atoms with Gasteiger partial charge in [-0.25, -0.2) is 0 Å². The first-order valence-corrected chi connectivity index (χ1v) is 19.3. The van der Waals surface area contributed by atoms with E-state index in [2.05, 4.69) is 203 Å². The quantitative estimate of drug-likeness (QED) is 0.170. The zero-order valence-corrected chi connectivity index (χ0v) is 32.2. The highest BCUT2D eigenvalue weighted by Gasteiger charge is 2.41. The van der Waals surface area contributed by atoms with Crippen molar-refractivity contribution >= 4 is 62.0 Å². The van der Waals surface area contributed by atoms with Gasteiger partial charge in [-0.3, -0.25) is 0 Å². The summed E-state index contributed by atoms with van der Waals surface area (Å²) in [5, 5.41) is 2.36. The van der Waals surface area contributed by atoms with E-state index in [9.17, 15) is 0 Å². The number of fused-ring (bicyclic) bond motifs is 7. The van der Waals surface area contributed by atoms with Gasteiger partial charge in [-0.15, -0.1) is 0 Å². The first-order valence-electron chi connectivity index (χ1n) is 19.3. The summed E-state index contributed by atoms with van der Waals surface area (Å²) in [6.07, 6.45) is 0. The number of anilines is 3. The fourth-order valence-corrected chi connectivity index (χ4v) is 8.53. The lowest BCUT2D eigenvalue weighted by Crippen LogP contribution is -2.57. The van der Waals surface area contributed by atoms with Crippen molar-refractivity contribution in [3.8, 4) is 28.7 Å². The minimum atomic E-state index is -0.0150. The molecule has 2 aliphatic rings. The zero-order chi connectivity index (χ0) is 37.6. The molecule has 0 saturated heterocycles. The first-order chi connectivity index (χ1) is 26.5. The van der Waals surface area contributed by atoms with Gasteiger partial charge in [0.2, 0.25) is 0 Å². The number of rotatable bonds is 4. The van der Waals surface area contributed by atoms with Gasteiger partial charge in [0.1, 0.15) is 23.0 Å². The van der Waals surface area contributed by atoms with Crippen LogP contribution in [0.2, 0.25) is 0 Å². The monoisotopic (exact) mass is 714 g/mol. The second kappa shape index (κ2) is 12.2. The summed E-state index contributed by atoms with van der Waals surface area (Å²) in [5.41, 5.74) is 12.6. The Morgan fingerprint density at radius 1 is 0.455 bits per heavy atom. The standard InChI is InChI=1S/C50H43BN2O2/c1-49(2,3)32-21-25-44-40(27-32)51-41-28-33(50(4,5)6)22-26-45(41)55-47-31-37(30-46(54-44)48(47)51)53-42-20-14-13-19-38(42)39-29-36(23-24-43(39)53)52(34-15-9-7-10-16-34)35-17-11-8-12-18-35/h7-31H,1-6H3. The first kappa shape index (κ1) is 33.4. The predicted octanol–water partition coefficient (Wildman–Crippen LogP) is 11.6. The Balaban J connectivity index is 1.18. The lowest BCUT2D eigenvalue weighted by Gasteiger charge is -2.35. The van der Waals surface area contributed by atoms with Gasteiger partial charge < -0.3 is 18.9 Å². The molecule has 7 aromatic carbocycles. The van der Waals surface area contributed by atoms with Crippen LogP contribution in [0.4, 0.5) is 17.1 Å². The van der Waals surface area contributed by atoms with Gasteiger partial charge in [0.05, 0.1) is 16.7 Å². The van der Waals surface area contributed by atoms with Gasteiger partial charge in [-0.05, 0) is 93.5 Å². The SMILES string of the molecule is CC(C)(C)c1ccc2c(c1)B1c3cc(C(C)(C)C)ccc3Oc3cc(-n4c5ccccc5c5cc(N(c6ccccc6)c6ccccc6)ccc54)cc(c31)O2. The summed E-state index contributed by atoms with van der Waals surface area (Å²) in [7, 11) is 0. The Bertz CT molecular complexity index is 2660. The number of nitrogens with zero attached hydrogens (tertiary/aromatic N) is 2. The Labute approximate surface area is 323 Å². The van der Waals surface area contributed by atoms with Gasteiger partial charge in [-0.2, -0.15) is 0 Å². The van der Waals surface area contributed by atoms with Gasteiger partial charge in [0.25, 0.3) is 6.71 Å². The van der Waals surface area contributed by atoms with Crippen LogP contribution in [0, 0.1) is 0 Å². The van der Waals surface area contributed by atoms with E-state index in [-0.39, 0.29) is 17.5 Å². The van der Waals surface area contributed by atoms with E-state index in [0.29, 0.717) is 0 Å². The molecular formula is C50H43BN2O2. The highest BCUT2D eigenvalue weighted by molar-refractivity contribution is 6.98. The van der Waals surface area contributed by atoms with Crippen molar-refractivity contribution in [1.82, 2.24) is 4.57 Å². The minimum Gasteiger partial charge on any atom is -0.458 e. The number of hydrogen-bond donors (Lipinski definition) is 0. The molecule has 0 radical (unpaired) electrons. The maximum Gasteiger partial charge on any atom is 0.260 e. The molecule has 0 N–H and O–H groups in total. The van der Waals surface area contributed by atoms with Crippen LogP contribution < -0.4 is 30.8 Å². The highest BCUT2D eigenvalue weighted by atomic mass is 16.5.